The SMILES string of the molecule is CN(Cc1ccc(Br)cc1)C(=O)CCCc1cccs1. The number of halogens is 1. The van der Waals surface area contributed by atoms with Crippen molar-refractivity contribution >= 4 is 33.2 Å². The van der Waals surface area contributed by atoms with E-state index in [4.69, 9.17) is 0 Å². The molecular weight excluding hydrogens is 334 g/mol. The number of rotatable bonds is 6. The zero-order valence-corrected chi connectivity index (χ0v) is 13.9. The predicted molar refractivity (Wildman–Crippen MR) is 87.9 cm³/mol. The number of carbonyl (C=O) groups is 1. The maximum absolute atomic E-state index is 12.1. The number of thiophene rings is 1. The molecule has 106 valence electrons. The molecule has 0 N–H and O–H groups in total. The van der Waals surface area contributed by atoms with Crippen LogP contribution in [0, 0.1) is 0 Å². The average Bonchev–Trinajstić information content (AvgIpc) is 2.94. The van der Waals surface area contributed by atoms with Crippen LogP contribution in [0.4, 0.5) is 0 Å². The number of hydrogen-bond donors (Lipinski definition) is 0. The number of amides is 1. The quantitative estimate of drug-likeness (QED) is 0.750. The van der Waals surface area contributed by atoms with Crippen LogP contribution in [0.1, 0.15) is 23.3 Å². The first kappa shape index (κ1) is 15.3. The van der Waals surface area contributed by atoms with Gasteiger partial charge < -0.3 is 4.90 Å². The van der Waals surface area contributed by atoms with Gasteiger partial charge in [-0.3, -0.25) is 4.79 Å². The molecule has 0 saturated carbocycles. The van der Waals surface area contributed by atoms with E-state index in [0.717, 1.165) is 22.9 Å². The van der Waals surface area contributed by atoms with Crippen LogP contribution in [0.15, 0.2) is 46.3 Å². The molecule has 0 aliphatic carbocycles. The third-order valence-electron chi connectivity index (χ3n) is 3.15. The zero-order valence-electron chi connectivity index (χ0n) is 11.5. The summed E-state index contributed by atoms with van der Waals surface area (Å²) < 4.78 is 1.06. The molecule has 0 aliphatic rings. The summed E-state index contributed by atoms with van der Waals surface area (Å²) in [5.41, 5.74) is 1.15. The highest BCUT2D eigenvalue weighted by Gasteiger charge is 2.09. The Labute approximate surface area is 132 Å². The van der Waals surface area contributed by atoms with E-state index in [1.807, 2.05) is 31.3 Å². The number of nitrogens with zero attached hydrogens (tertiary/aromatic N) is 1. The van der Waals surface area contributed by atoms with Gasteiger partial charge in [0, 0.05) is 29.4 Å². The van der Waals surface area contributed by atoms with E-state index in [9.17, 15) is 4.79 Å². The normalized spacial score (nSPS) is 10.5. The molecule has 2 rings (SSSR count). The van der Waals surface area contributed by atoms with Crippen molar-refractivity contribution in [3.05, 3.63) is 56.7 Å². The third kappa shape index (κ3) is 4.76. The zero-order chi connectivity index (χ0) is 14.4. The van der Waals surface area contributed by atoms with Crippen LogP contribution in [-0.2, 0) is 17.8 Å². The molecule has 0 radical (unpaired) electrons. The molecular formula is C16H18BrNOS. The molecule has 0 spiro atoms. The van der Waals surface area contributed by atoms with E-state index in [1.54, 1.807) is 16.2 Å². The van der Waals surface area contributed by atoms with E-state index in [2.05, 4.69) is 33.4 Å². The Hall–Kier alpha value is -1.13. The van der Waals surface area contributed by atoms with Crippen LogP contribution in [0.3, 0.4) is 0 Å². The Morgan fingerprint density at radius 3 is 2.65 bits per heavy atom. The Balaban J connectivity index is 1.75. The van der Waals surface area contributed by atoms with Crippen LogP contribution in [0.25, 0.3) is 0 Å². The fourth-order valence-electron chi connectivity index (χ4n) is 2.01. The summed E-state index contributed by atoms with van der Waals surface area (Å²) in [6.07, 6.45) is 2.53. The minimum absolute atomic E-state index is 0.212. The van der Waals surface area contributed by atoms with E-state index in [1.165, 1.54) is 4.88 Å². The monoisotopic (exact) mass is 351 g/mol. The van der Waals surface area contributed by atoms with Gasteiger partial charge in [-0.05, 0) is 42.0 Å². The fraction of sp³-hybridized carbons (Fsp3) is 0.312. The van der Waals surface area contributed by atoms with Crippen LogP contribution < -0.4 is 0 Å². The molecule has 1 aromatic carbocycles. The second-order valence-corrected chi connectivity index (χ2v) is 6.76. The third-order valence-corrected chi connectivity index (χ3v) is 4.62. The lowest BCUT2D eigenvalue weighted by atomic mass is 10.2. The highest BCUT2D eigenvalue weighted by atomic mass is 79.9. The fourth-order valence-corrected chi connectivity index (χ4v) is 3.03. The highest BCUT2D eigenvalue weighted by Crippen LogP contribution is 2.14. The van der Waals surface area contributed by atoms with Gasteiger partial charge in [0.2, 0.25) is 5.91 Å². The summed E-state index contributed by atoms with van der Waals surface area (Å²) in [5.74, 6) is 0.212. The van der Waals surface area contributed by atoms with E-state index >= 15 is 0 Å². The molecule has 1 heterocycles. The van der Waals surface area contributed by atoms with Crippen molar-refractivity contribution in [2.45, 2.75) is 25.8 Å². The summed E-state index contributed by atoms with van der Waals surface area (Å²) in [4.78, 5) is 15.2. The molecule has 0 bridgehead atoms. The lowest BCUT2D eigenvalue weighted by Gasteiger charge is -2.17. The number of aryl methyl sites for hydroxylation is 1. The first-order chi connectivity index (χ1) is 9.65. The Kier molecular flexibility index (Phi) is 5.80. The second kappa shape index (κ2) is 7.60. The molecule has 0 saturated heterocycles. The summed E-state index contributed by atoms with van der Waals surface area (Å²) >= 11 is 5.17. The van der Waals surface area contributed by atoms with Gasteiger partial charge in [0.1, 0.15) is 0 Å². The van der Waals surface area contributed by atoms with E-state index < -0.39 is 0 Å². The molecule has 0 unspecified atom stereocenters. The lowest BCUT2D eigenvalue weighted by Crippen LogP contribution is -2.25. The van der Waals surface area contributed by atoms with Gasteiger partial charge in [-0.2, -0.15) is 0 Å². The van der Waals surface area contributed by atoms with Gasteiger partial charge in [0.05, 0.1) is 0 Å². The molecule has 4 heteroatoms. The van der Waals surface area contributed by atoms with Crippen molar-refractivity contribution in [3.63, 3.8) is 0 Å². The van der Waals surface area contributed by atoms with Gasteiger partial charge in [-0.1, -0.05) is 34.1 Å². The maximum atomic E-state index is 12.1. The van der Waals surface area contributed by atoms with Crippen molar-refractivity contribution in [2.75, 3.05) is 7.05 Å². The topological polar surface area (TPSA) is 20.3 Å². The summed E-state index contributed by atoms with van der Waals surface area (Å²) in [6, 6.07) is 12.3. The first-order valence-electron chi connectivity index (χ1n) is 6.66. The van der Waals surface area contributed by atoms with Gasteiger partial charge >= 0.3 is 0 Å². The van der Waals surface area contributed by atoms with E-state index in [-0.39, 0.29) is 5.91 Å². The number of hydrogen-bond acceptors (Lipinski definition) is 2. The predicted octanol–water partition coefficient (Wildman–Crippen LogP) is 4.49. The molecule has 2 nitrogen and oxygen atoms in total. The minimum atomic E-state index is 0.212. The number of benzene rings is 1. The largest absolute Gasteiger partial charge is 0.341 e. The van der Waals surface area contributed by atoms with Crippen LogP contribution in [0.5, 0.6) is 0 Å². The minimum Gasteiger partial charge on any atom is -0.341 e. The standard InChI is InChI=1S/C16H18BrNOS/c1-18(12-13-7-9-14(17)10-8-13)16(19)6-2-4-15-5-3-11-20-15/h3,5,7-11H,2,4,6,12H2,1H3. The van der Waals surface area contributed by atoms with Gasteiger partial charge in [-0.15, -0.1) is 11.3 Å². The summed E-state index contributed by atoms with van der Waals surface area (Å²) in [7, 11) is 1.87. The molecule has 0 aliphatic heterocycles. The Morgan fingerprint density at radius 1 is 1.25 bits per heavy atom. The summed E-state index contributed by atoms with van der Waals surface area (Å²) in [6.45, 7) is 0.672. The highest BCUT2D eigenvalue weighted by molar-refractivity contribution is 9.10. The van der Waals surface area contributed by atoms with Crippen LogP contribution in [0.2, 0.25) is 0 Å². The van der Waals surface area contributed by atoms with Gasteiger partial charge in [-0.25, -0.2) is 0 Å². The van der Waals surface area contributed by atoms with Crippen LogP contribution in [-0.4, -0.2) is 17.9 Å². The van der Waals surface area contributed by atoms with Crippen LogP contribution >= 0.6 is 27.3 Å². The van der Waals surface area contributed by atoms with Crippen molar-refractivity contribution in [3.8, 4) is 0 Å². The second-order valence-electron chi connectivity index (χ2n) is 4.81. The lowest BCUT2D eigenvalue weighted by molar-refractivity contribution is -0.130. The summed E-state index contributed by atoms with van der Waals surface area (Å²) in [5, 5.41) is 2.08. The number of carbonyl (C=O) groups excluding carboxylic acids is 1. The van der Waals surface area contributed by atoms with Crippen molar-refractivity contribution in [2.24, 2.45) is 0 Å². The van der Waals surface area contributed by atoms with Gasteiger partial charge in [0.15, 0.2) is 0 Å². The molecule has 0 atom stereocenters. The molecule has 20 heavy (non-hydrogen) atoms. The smallest absolute Gasteiger partial charge is 0.222 e. The van der Waals surface area contributed by atoms with Gasteiger partial charge in [0.25, 0.3) is 0 Å². The van der Waals surface area contributed by atoms with E-state index in [0.29, 0.717) is 13.0 Å². The molecule has 1 aromatic heterocycles. The van der Waals surface area contributed by atoms with Crippen molar-refractivity contribution in [1.82, 2.24) is 4.90 Å². The Morgan fingerprint density at radius 2 is 2.00 bits per heavy atom. The first-order valence-corrected chi connectivity index (χ1v) is 8.33. The maximum Gasteiger partial charge on any atom is 0.222 e. The Bertz CT molecular complexity index is 536. The molecule has 2 aromatic rings. The average molecular weight is 352 g/mol. The molecule has 1 amide bonds. The van der Waals surface area contributed by atoms with Crippen molar-refractivity contribution < 1.29 is 4.79 Å². The van der Waals surface area contributed by atoms with Crippen molar-refractivity contribution in [1.29, 1.82) is 0 Å². The molecule has 0 fully saturated rings.